The number of carbonyl (C=O) groups is 1. The van der Waals surface area contributed by atoms with Gasteiger partial charge < -0.3 is 15.4 Å². The van der Waals surface area contributed by atoms with Crippen molar-refractivity contribution in [1.29, 1.82) is 0 Å². The van der Waals surface area contributed by atoms with Crippen LogP contribution in [0.3, 0.4) is 0 Å². The van der Waals surface area contributed by atoms with Crippen molar-refractivity contribution in [2.45, 2.75) is 25.8 Å². The van der Waals surface area contributed by atoms with Gasteiger partial charge in [-0.25, -0.2) is 0 Å². The fourth-order valence-corrected chi connectivity index (χ4v) is 1.90. The number of rotatable bonds is 9. The van der Waals surface area contributed by atoms with Gasteiger partial charge in [0.15, 0.2) is 0 Å². The first-order chi connectivity index (χ1) is 9.27. The van der Waals surface area contributed by atoms with Gasteiger partial charge >= 0.3 is 0 Å². The van der Waals surface area contributed by atoms with Crippen LogP contribution in [0.15, 0.2) is 30.3 Å². The highest BCUT2D eigenvalue weighted by molar-refractivity contribution is 5.78. The molecule has 1 unspecified atom stereocenters. The van der Waals surface area contributed by atoms with Gasteiger partial charge in [0.25, 0.3) is 0 Å². The molecule has 0 bridgehead atoms. The van der Waals surface area contributed by atoms with Gasteiger partial charge in [-0.1, -0.05) is 37.3 Å². The summed E-state index contributed by atoms with van der Waals surface area (Å²) in [6.07, 6.45) is 1.80. The predicted octanol–water partition coefficient (Wildman–Crippen LogP) is 1.88. The molecule has 0 saturated heterocycles. The van der Waals surface area contributed by atoms with Gasteiger partial charge in [-0.15, -0.1) is 0 Å². The average molecular weight is 264 g/mol. The largest absolute Gasteiger partial charge is 0.385 e. The summed E-state index contributed by atoms with van der Waals surface area (Å²) in [7, 11) is 1.68. The third-order valence-electron chi connectivity index (χ3n) is 2.93. The average Bonchev–Trinajstić information content (AvgIpc) is 2.45. The number of amides is 1. The van der Waals surface area contributed by atoms with E-state index in [0.717, 1.165) is 31.6 Å². The van der Waals surface area contributed by atoms with Crippen LogP contribution in [0.5, 0.6) is 0 Å². The van der Waals surface area contributed by atoms with Crippen LogP contribution in [0.2, 0.25) is 0 Å². The fraction of sp³-hybridized carbons (Fsp3) is 0.533. The highest BCUT2D eigenvalue weighted by atomic mass is 16.5. The first kappa shape index (κ1) is 15.7. The van der Waals surface area contributed by atoms with Crippen molar-refractivity contribution >= 4 is 5.91 Å². The lowest BCUT2D eigenvalue weighted by Crippen LogP contribution is -2.36. The van der Waals surface area contributed by atoms with Crippen molar-refractivity contribution in [3.05, 3.63) is 35.9 Å². The van der Waals surface area contributed by atoms with Gasteiger partial charge in [0.1, 0.15) is 0 Å². The van der Waals surface area contributed by atoms with Crippen LogP contribution in [0, 0.1) is 0 Å². The van der Waals surface area contributed by atoms with Crippen molar-refractivity contribution in [1.82, 2.24) is 10.6 Å². The minimum Gasteiger partial charge on any atom is -0.385 e. The third-order valence-corrected chi connectivity index (χ3v) is 2.93. The maximum Gasteiger partial charge on any atom is 0.234 e. The maximum absolute atomic E-state index is 11.8. The molecule has 0 aliphatic rings. The number of carbonyl (C=O) groups excluding carboxylic acids is 1. The molecule has 0 spiro atoms. The molecular weight excluding hydrogens is 240 g/mol. The summed E-state index contributed by atoms with van der Waals surface area (Å²) in [6.45, 7) is 3.94. The summed E-state index contributed by atoms with van der Waals surface area (Å²) in [5, 5.41) is 6.15. The summed E-state index contributed by atoms with van der Waals surface area (Å²) >= 11 is 0. The van der Waals surface area contributed by atoms with E-state index in [1.165, 1.54) is 0 Å². The molecule has 2 N–H and O–H groups in total. The molecule has 0 aromatic heterocycles. The SMILES string of the molecule is CCC(NC(=O)CNCCCOC)c1ccccc1. The molecule has 106 valence electrons. The lowest BCUT2D eigenvalue weighted by molar-refractivity contribution is -0.121. The molecule has 1 rings (SSSR count). The van der Waals surface area contributed by atoms with E-state index in [1.807, 2.05) is 30.3 Å². The first-order valence-electron chi connectivity index (χ1n) is 6.82. The van der Waals surface area contributed by atoms with Crippen LogP contribution < -0.4 is 10.6 Å². The fourth-order valence-electron chi connectivity index (χ4n) is 1.90. The van der Waals surface area contributed by atoms with Gasteiger partial charge in [-0.3, -0.25) is 4.79 Å². The second-order valence-corrected chi connectivity index (χ2v) is 4.46. The van der Waals surface area contributed by atoms with Gasteiger partial charge in [0.05, 0.1) is 12.6 Å². The van der Waals surface area contributed by atoms with E-state index in [2.05, 4.69) is 17.6 Å². The molecule has 0 saturated carbocycles. The number of hydrogen-bond acceptors (Lipinski definition) is 3. The topological polar surface area (TPSA) is 50.4 Å². The Morgan fingerprint density at radius 3 is 2.68 bits per heavy atom. The van der Waals surface area contributed by atoms with Crippen LogP contribution in [0.4, 0.5) is 0 Å². The van der Waals surface area contributed by atoms with E-state index in [9.17, 15) is 4.79 Å². The summed E-state index contributed by atoms with van der Waals surface area (Å²) in [6, 6.07) is 10.1. The Bertz CT molecular complexity index is 354. The van der Waals surface area contributed by atoms with Gasteiger partial charge in [0.2, 0.25) is 5.91 Å². The van der Waals surface area contributed by atoms with Crippen LogP contribution in [-0.2, 0) is 9.53 Å². The lowest BCUT2D eigenvalue weighted by Gasteiger charge is -2.17. The normalized spacial score (nSPS) is 12.1. The zero-order chi connectivity index (χ0) is 13.9. The van der Waals surface area contributed by atoms with Crippen LogP contribution in [-0.4, -0.2) is 32.7 Å². The molecule has 0 radical (unpaired) electrons. The molecular formula is C15H24N2O2. The second kappa shape index (κ2) is 9.53. The number of methoxy groups -OCH3 is 1. The molecule has 0 aliphatic carbocycles. The summed E-state index contributed by atoms with van der Waals surface area (Å²) in [4.78, 5) is 11.8. The molecule has 0 heterocycles. The number of ether oxygens (including phenoxy) is 1. The van der Waals surface area contributed by atoms with E-state index >= 15 is 0 Å². The van der Waals surface area contributed by atoms with Crippen molar-refractivity contribution in [2.75, 3.05) is 26.8 Å². The quantitative estimate of drug-likeness (QED) is 0.670. The molecule has 4 heteroatoms. The van der Waals surface area contributed by atoms with E-state index in [-0.39, 0.29) is 11.9 Å². The highest BCUT2D eigenvalue weighted by Gasteiger charge is 2.11. The number of nitrogens with one attached hydrogen (secondary N) is 2. The van der Waals surface area contributed by atoms with E-state index < -0.39 is 0 Å². The van der Waals surface area contributed by atoms with Crippen molar-refractivity contribution in [3.63, 3.8) is 0 Å². The van der Waals surface area contributed by atoms with E-state index in [1.54, 1.807) is 7.11 Å². The molecule has 0 aliphatic heterocycles. The molecule has 1 aromatic carbocycles. The van der Waals surface area contributed by atoms with Crippen molar-refractivity contribution in [3.8, 4) is 0 Å². The molecule has 1 atom stereocenters. The zero-order valence-corrected chi connectivity index (χ0v) is 11.8. The second-order valence-electron chi connectivity index (χ2n) is 4.46. The molecule has 1 amide bonds. The van der Waals surface area contributed by atoms with Gasteiger partial charge in [0, 0.05) is 13.7 Å². The van der Waals surface area contributed by atoms with Crippen molar-refractivity contribution < 1.29 is 9.53 Å². The van der Waals surface area contributed by atoms with E-state index in [0.29, 0.717) is 6.54 Å². The highest BCUT2D eigenvalue weighted by Crippen LogP contribution is 2.15. The minimum absolute atomic E-state index is 0.0353. The molecule has 0 fully saturated rings. The summed E-state index contributed by atoms with van der Waals surface area (Å²) in [5.74, 6) is 0.0353. The lowest BCUT2D eigenvalue weighted by atomic mass is 10.0. The zero-order valence-electron chi connectivity index (χ0n) is 11.8. The Balaban J connectivity index is 2.30. The standard InChI is InChI=1S/C15H24N2O2/c1-3-14(13-8-5-4-6-9-13)17-15(18)12-16-10-7-11-19-2/h4-6,8-9,14,16H,3,7,10-12H2,1-2H3,(H,17,18). The molecule has 19 heavy (non-hydrogen) atoms. The van der Waals surface area contributed by atoms with Crippen molar-refractivity contribution in [2.24, 2.45) is 0 Å². The predicted molar refractivity (Wildman–Crippen MR) is 77.0 cm³/mol. The smallest absolute Gasteiger partial charge is 0.234 e. The van der Waals surface area contributed by atoms with E-state index in [4.69, 9.17) is 4.74 Å². The first-order valence-corrected chi connectivity index (χ1v) is 6.82. The minimum atomic E-state index is 0.0353. The van der Waals surface area contributed by atoms with Crippen LogP contribution in [0.1, 0.15) is 31.4 Å². The number of hydrogen-bond donors (Lipinski definition) is 2. The van der Waals surface area contributed by atoms with Crippen LogP contribution >= 0.6 is 0 Å². The molecule has 1 aromatic rings. The number of benzene rings is 1. The summed E-state index contributed by atoms with van der Waals surface area (Å²) < 4.78 is 4.95. The van der Waals surface area contributed by atoms with Crippen LogP contribution in [0.25, 0.3) is 0 Å². The molecule has 4 nitrogen and oxygen atoms in total. The Kier molecular flexibility index (Phi) is 7.86. The maximum atomic E-state index is 11.8. The Morgan fingerprint density at radius 2 is 2.05 bits per heavy atom. The third kappa shape index (κ3) is 6.36. The Hall–Kier alpha value is -1.39. The summed E-state index contributed by atoms with van der Waals surface area (Å²) in [5.41, 5.74) is 1.15. The Labute approximate surface area is 115 Å². The monoisotopic (exact) mass is 264 g/mol. The van der Waals surface area contributed by atoms with Gasteiger partial charge in [-0.05, 0) is 24.9 Å². The Morgan fingerprint density at radius 1 is 1.32 bits per heavy atom. The van der Waals surface area contributed by atoms with Gasteiger partial charge in [-0.2, -0.15) is 0 Å².